The highest BCUT2D eigenvalue weighted by Gasteiger charge is 2.20. The summed E-state index contributed by atoms with van der Waals surface area (Å²) >= 11 is 0. The van der Waals surface area contributed by atoms with E-state index in [9.17, 15) is 9.59 Å². The van der Waals surface area contributed by atoms with E-state index >= 15 is 0 Å². The van der Waals surface area contributed by atoms with Gasteiger partial charge in [0, 0.05) is 18.5 Å². The van der Waals surface area contributed by atoms with E-state index in [-0.39, 0.29) is 36.9 Å². The number of amides is 2. The van der Waals surface area contributed by atoms with Gasteiger partial charge in [0.25, 0.3) is 0 Å². The summed E-state index contributed by atoms with van der Waals surface area (Å²) in [6, 6.07) is 9.32. The molecule has 0 aliphatic rings. The first-order valence-electron chi connectivity index (χ1n) is 7.65. The Bertz CT molecular complexity index is 472. The number of hydrogen-bond donors (Lipinski definition) is 2. The molecule has 0 aliphatic heterocycles. The molecule has 1 aromatic carbocycles. The third-order valence-electron chi connectivity index (χ3n) is 3.18. The molecule has 122 valence electrons. The average molecular weight is 306 g/mol. The van der Waals surface area contributed by atoms with Crippen molar-refractivity contribution in [1.82, 2.24) is 10.6 Å². The maximum atomic E-state index is 11.9. The van der Waals surface area contributed by atoms with Crippen molar-refractivity contribution in [3.63, 3.8) is 0 Å². The van der Waals surface area contributed by atoms with E-state index in [1.807, 2.05) is 58.0 Å². The lowest BCUT2D eigenvalue weighted by Gasteiger charge is -2.22. The molecule has 1 atom stereocenters. The Labute approximate surface area is 132 Å². The lowest BCUT2D eigenvalue weighted by Crippen LogP contribution is -2.43. The Morgan fingerprint density at radius 2 is 1.68 bits per heavy atom. The predicted octanol–water partition coefficient (Wildman–Crippen LogP) is 2.85. The second kappa shape index (κ2) is 9.07. The first-order chi connectivity index (χ1) is 10.4. The van der Waals surface area contributed by atoms with Gasteiger partial charge >= 0.3 is 6.09 Å². The van der Waals surface area contributed by atoms with Gasteiger partial charge in [-0.05, 0) is 25.3 Å². The van der Waals surface area contributed by atoms with E-state index in [1.54, 1.807) is 0 Å². The zero-order valence-corrected chi connectivity index (χ0v) is 13.8. The number of nitrogens with one attached hydrogen (secondary N) is 2. The van der Waals surface area contributed by atoms with Gasteiger partial charge in [0.15, 0.2) is 0 Å². The summed E-state index contributed by atoms with van der Waals surface area (Å²) in [6.45, 7) is 7.96. The van der Waals surface area contributed by atoms with Crippen molar-refractivity contribution in [2.75, 3.05) is 0 Å². The Hall–Kier alpha value is -2.04. The highest BCUT2D eigenvalue weighted by molar-refractivity contribution is 5.78. The molecule has 1 aromatic rings. The summed E-state index contributed by atoms with van der Waals surface area (Å²) in [6.07, 6.45) is -0.254. The van der Waals surface area contributed by atoms with Crippen molar-refractivity contribution in [3.05, 3.63) is 35.9 Å². The third-order valence-corrected chi connectivity index (χ3v) is 3.18. The minimum Gasteiger partial charge on any atom is -0.445 e. The molecule has 0 spiro atoms. The molecule has 2 N–H and O–H groups in total. The fraction of sp³-hybridized carbons (Fsp3) is 0.529. The molecule has 0 heterocycles. The van der Waals surface area contributed by atoms with Crippen LogP contribution in [0, 0.1) is 5.92 Å². The SMILES string of the molecule is CC(C)NC(=O)CC(NC(=O)OCc1ccccc1)C(C)C. The summed E-state index contributed by atoms with van der Waals surface area (Å²) < 4.78 is 5.19. The molecular formula is C17H26N2O3. The Balaban J connectivity index is 2.45. The van der Waals surface area contributed by atoms with Crippen LogP contribution in [0.4, 0.5) is 4.79 Å². The monoisotopic (exact) mass is 306 g/mol. The number of alkyl carbamates (subject to hydrolysis) is 1. The normalized spacial score (nSPS) is 12.1. The molecule has 0 fully saturated rings. The molecule has 0 saturated carbocycles. The lowest BCUT2D eigenvalue weighted by molar-refractivity contribution is -0.122. The van der Waals surface area contributed by atoms with Crippen LogP contribution in [-0.2, 0) is 16.1 Å². The van der Waals surface area contributed by atoms with Gasteiger partial charge in [-0.15, -0.1) is 0 Å². The first kappa shape index (κ1) is 18.0. The van der Waals surface area contributed by atoms with Crippen molar-refractivity contribution in [1.29, 1.82) is 0 Å². The molecule has 5 heteroatoms. The van der Waals surface area contributed by atoms with Gasteiger partial charge in [-0.3, -0.25) is 4.79 Å². The van der Waals surface area contributed by atoms with E-state index < -0.39 is 6.09 Å². The van der Waals surface area contributed by atoms with E-state index in [0.29, 0.717) is 0 Å². The molecule has 0 saturated heterocycles. The van der Waals surface area contributed by atoms with Gasteiger partial charge in [0.05, 0.1) is 0 Å². The molecular weight excluding hydrogens is 280 g/mol. The molecule has 0 aromatic heterocycles. The van der Waals surface area contributed by atoms with E-state index in [4.69, 9.17) is 4.74 Å². The summed E-state index contributed by atoms with van der Waals surface area (Å²) in [5, 5.41) is 5.60. The Morgan fingerprint density at radius 1 is 1.05 bits per heavy atom. The molecule has 1 rings (SSSR count). The van der Waals surface area contributed by atoms with Gasteiger partial charge in [0.1, 0.15) is 6.61 Å². The van der Waals surface area contributed by atoms with Crippen LogP contribution < -0.4 is 10.6 Å². The molecule has 5 nitrogen and oxygen atoms in total. The number of rotatable bonds is 7. The maximum absolute atomic E-state index is 11.9. The number of benzene rings is 1. The number of hydrogen-bond acceptors (Lipinski definition) is 3. The van der Waals surface area contributed by atoms with Crippen LogP contribution in [0.15, 0.2) is 30.3 Å². The lowest BCUT2D eigenvalue weighted by atomic mass is 10.0. The Morgan fingerprint density at radius 3 is 2.23 bits per heavy atom. The van der Waals surface area contributed by atoms with Crippen LogP contribution in [0.1, 0.15) is 39.7 Å². The van der Waals surface area contributed by atoms with Crippen LogP contribution in [0.2, 0.25) is 0 Å². The number of carbonyl (C=O) groups is 2. The predicted molar refractivity (Wildman–Crippen MR) is 86.3 cm³/mol. The van der Waals surface area contributed by atoms with Crippen LogP contribution in [0.25, 0.3) is 0 Å². The highest BCUT2D eigenvalue weighted by Crippen LogP contribution is 2.08. The van der Waals surface area contributed by atoms with Crippen molar-refractivity contribution in [3.8, 4) is 0 Å². The van der Waals surface area contributed by atoms with Gasteiger partial charge in [-0.25, -0.2) is 4.79 Å². The smallest absolute Gasteiger partial charge is 0.407 e. The van der Waals surface area contributed by atoms with E-state index in [0.717, 1.165) is 5.56 Å². The quantitative estimate of drug-likeness (QED) is 0.814. The number of ether oxygens (including phenoxy) is 1. The number of carbonyl (C=O) groups excluding carboxylic acids is 2. The fourth-order valence-corrected chi connectivity index (χ4v) is 1.95. The summed E-state index contributed by atoms with van der Waals surface area (Å²) in [5.41, 5.74) is 0.927. The third kappa shape index (κ3) is 7.11. The summed E-state index contributed by atoms with van der Waals surface area (Å²) in [4.78, 5) is 23.7. The van der Waals surface area contributed by atoms with Gasteiger partial charge in [-0.2, -0.15) is 0 Å². The largest absolute Gasteiger partial charge is 0.445 e. The Kier molecular flexibility index (Phi) is 7.43. The van der Waals surface area contributed by atoms with Crippen LogP contribution >= 0.6 is 0 Å². The summed E-state index contributed by atoms with van der Waals surface area (Å²) in [5.74, 6) is 0.0687. The average Bonchev–Trinajstić information content (AvgIpc) is 2.44. The van der Waals surface area contributed by atoms with Crippen LogP contribution in [0.3, 0.4) is 0 Å². The zero-order chi connectivity index (χ0) is 16.5. The van der Waals surface area contributed by atoms with Crippen LogP contribution in [0.5, 0.6) is 0 Å². The van der Waals surface area contributed by atoms with Gasteiger partial charge in [-0.1, -0.05) is 44.2 Å². The van der Waals surface area contributed by atoms with Crippen molar-refractivity contribution in [2.45, 2.75) is 52.8 Å². The highest BCUT2D eigenvalue weighted by atomic mass is 16.5. The van der Waals surface area contributed by atoms with Crippen molar-refractivity contribution >= 4 is 12.0 Å². The second-order valence-corrected chi connectivity index (χ2v) is 5.98. The molecule has 22 heavy (non-hydrogen) atoms. The molecule has 0 bridgehead atoms. The van der Waals surface area contributed by atoms with E-state index in [1.165, 1.54) is 0 Å². The first-order valence-corrected chi connectivity index (χ1v) is 7.65. The minimum absolute atomic E-state index is 0.0722. The topological polar surface area (TPSA) is 67.4 Å². The minimum atomic E-state index is -0.500. The molecule has 2 amide bonds. The fourth-order valence-electron chi connectivity index (χ4n) is 1.95. The van der Waals surface area contributed by atoms with Crippen molar-refractivity contribution < 1.29 is 14.3 Å². The second-order valence-electron chi connectivity index (χ2n) is 5.98. The molecule has 0 aliphatic carbocycles. The maximum Gasteiger partial charge on any atom is 0.407 e. The van der Waals surface area contributed by atoms with Gasteiger partial charge in [0.2, 0.25) is 5.91 Å². The van der Waals surface area contributed by atoms with Crippen LogP contribution in [-0.4, -0.2) is 24.1 Å². The zero-order valence-electron chi connectivity index (χ0n) is 13.8. The van der Waals surface area contributed by atoms with Gasteiger partial charge < -0.3 is 15.4 Å². The summed E-state index contributed by atoms with van der Waals surface area (Å²) in [7, 11) is 0. The molecule has 1 unspecified atom stereocenters. The standard InChI is InChI=1S/C17H26N2O3/c1-12(2)15(10-16(20)18-13(3)4)19-17(21)22-11-14-8-6-5-7-9-14/h5-9,12-13,15H,10-11H2,1-4H3,(H,18,20)(H,19,21). The van der Waals surface area contributed by atoms with Crippen molar-refractivity contribution in [2.24, 2.45) is 5.92 Å². The van der Waals surface area contributed by atoms with E-state index in [2.05, 4.69) is 10.6 Å². The molecule has 0 radical (unpaired) electrons.